The topological polar surface area (TPSA) is 43.2 Å². The molecule has 0 aromatic carbocycles. The highest BCUT2D eigenvalue weighted by Gasteiger charge is 2.19. The molecular formula is C15H22N4. The Balaban J connectivity index is 1.86. The molecule has 0 bridgehead atoms. The van der Waals surface area contributed by atoms with Gasteiger partial charge in [0.05, 0.1) is 0 Å². The third-order valence-electron chi connectivity index (χ3n) is 3.98. The van der Waals surface area contributed by atoms with Crippen molar-refractivity contribution in [3.05, 3.63) is 23.9 Å². The van der Waals surface area contributed by atoms with Crippen molar-refractivity contribution >= 4 is 5.82 Å². The van der Waals surface area contributed by atoms with E-state index in [1.807, 2.05) is 19.2 Å². The van der Waals surface area contributed by atoms with Crippen molar-refractivity contribution in [3.63, 3.8) is 0 Å². The molecule has 0 amide bonds. The van der Waals surface area contributed by atoms with E-state index in [4.69, 9.17) is 5.26 Å². The third-order valence-corrected chi connectivity index (χ3v) is 3.98. The standard InChI is InChI=1S/C15H22N4/c1-18(14-7-3-4-8-14)10-11-19(2)15-9-5-6-13(12-16)17-15/h5-6,9,14H,3-4,7-8,10-11H2,1-2H3. The maximum absolute atomic E-state index is 8.87. The Hall–Kier alpha value is -1.60. The number of nitriles is 1. The van der Waals surface area contributed by atoms with E-state index in [1.54, 1.807) is 6.07 Å². The summed E-state index contributed by atoms with van der Waals surface area (Å²) < 4.78 is 0. The van der Waals surface area contributed by atoms with E-state index >= 15 is 0 Å². The highest BCUT2D eigenvalue weighted by Crippen LogP contribution is 2.22. The van der Waals surface area contributed by atoms with Gasteiger partial charge in [0.1, 0.15) is 17.6 Å². The van der Waals surface area contributed by atoms with Gasteiger partial charge in [-0.25, -0.2) is 4.98 Å². The summed E-state index contributed by atoms with van der Waals surface area (Å²) in [6.07, 6.45) is 5.41. The molecule has 0 atom stereocenters. The SMILES string of the molecule is CN(CCN(C)C1CCCC1)c1cccc(C#N)n1. The van der Waals surface area contributed by atoms with Gasteiger partial charge < -0.3 is 9.80 Å². The first-order chi connectivity index (χ1) is 9.20. The molecule has 1 aliphatic rings. The molecule has 0 radical (unpaired) electrons. The van der Waals surface area contributed by atoms with Crippen LogP contribution in [0.5, 0.6) is 0 Å². The van der Waals surface area contributed by atoms with Crippen LogP contribution < -0.4 is 4.90 Å². The monoisotopic (exact) mass is 258 g/mol. The maximum Gasteiger partial charge on any atom is 0.142 e. The second kappa shape index (κ2) is 6.53. The Morgan fingerprint density at radius 2 is 2.00 bits per heavy atom. The molecule has 0 N–H and O–H groups in total. The number of aromatic nitrogens is 1. The van der Waals surface area contributed by atoms with E-state index in [2.05, 4.69) is 27.9 Å². The van der Waals surface area contributed by atoms with Gasteiger partial charge in [0.25, 0.3) is 0 Å². The molecule has 1 saturated carbocycles. The molecule has 1 aromatic heterocycles. The Kier molecular flexibility index (Phi) is 4.75. The zero-order valence-corrected chi connectivity index (χ0v) is 11.8. The minimum Gasteiger partial charge on any atom is -0.358 e. The summed E-state index contributed by atoms with van der Waals surface area (Å²) in [6.45, 7) is 1.98. The van der Waals surface area contributed by atoms with Crippen LogP contribution in [0.1, 0.15) is 31.4 Å². The van der Waals surface area contributed by atoms with Crippen LogP contribution in [0.25, 0.3) is 0 Å². The first kappa shape index (κ1) is 13.8. The Morgan fingerprint density at radius 1 is 1.26 bits per heavy atom. The lowest BCUT2D eigenvalue weighted by Gasteiger charge is -2.27. The van der Waals surface area contributed by atoms with Crippen LogP contribution in [0.3, 0.4) is 0 Å². The normalized spacial score (nSPS) is 15.7. The van der Waals surface area contributed by atoms with Gasteiger partial charge in [0.2, 0.25) is 0 Å². The number of anilines is 1. The fourth-order valence-corrected chi connectivity index (χ4v) is 2.65. The van der Waals surface area contributed by atoms with E-state index in [9.17, 15) is 0 Å². The maximum atomic E-state index is 8.87. The average molecular weight is 258 g/mol. The van der Waals surface area contributed by atoms with Gasteiger partial charge in [0, 0.05) is 26.2 Å². The van der Waals surface area contributed by atoms with E-state index in [1.165, 1.54) is 25.7 Å². The summed E-state index contributed by atoms with van der Waals surface area (Å²) in [7, 11) is 4.24. The van der Waals surface area contributed by atoms with Crippen LogP contribution in [-0.4, -0.2) is 43.1 Å². The summed E-state index contributed by atoms with van der Waals surface area (Å²) in [5.41, 5.74) is 0.480. The summed E-state index contributed by atoms with van der Waals surface area (Å²) >= 11 is 0. The van der Waals surface area contributed by atoms with Gasteiger partial charge in [0.15, 0.2) is 0 Å². The average Bonchev–Trinajstić information content (AvgIpc) is 2.98. The van der Waals surface area contributed by atoms with Crippen molar-refractivity contribution in [2.24, 2.45) is 0 Å². The van der Waals surface area contributed by atoms with Crippen LogP contribution in [0, 0.1) is 11.3 Å². The molecular weight excluding hydrogens is 236 g/mol. The van der Waals surface area contributed by atoms with Gasteiger partial charge in [-0.15, -0.1) is 0 Å². The molecule has 19 heavy (non-hydrogen) atoms. The Bertz CT molecular complexity index is 446. The summed E-state index contributed by atoms with van der Waals surface area (Å²) in [5.74, 6) is 0.874. The number of hydrogen-bond donors (Lipinski definition) is 0. The molecule has 0 spiro atoms. The first-order valence-corrected chi connectivity index (χ1v) is 6.99. The van der Waals surface area contributed by atoms with Crippen molar-refractivity contribution in [2.45, 2.75) is 31.7 Å². The smallest absolute Gasteiger partial charge is 0.142 e. The lowest BCUT2D eigenvalue weighted by atomic mass is 10.2. The number of likely N-dealkylation sites (N-methyl/N-ethyl adjacent to an activating group) is 2. The van der Waals surface area contributed by atoms with Crippen molar-refractivity contribution < 1.29 is 0 Å². The van der Waals surface area contributed by atoms with Gasteiger partial charge >= 0.3 is 0 Å². The van der Waals surface area contributed by atoms with Crippen LogP contribution >= 0.6 is 0 Å². The fraction of sp³-hybridized carbons (Fsp3) is 0.600. The quantitative estimate of drug-likeness (QED) is 0.812. The van der Waals surface area contributed by atoms with E-state index in [0.717, 1.165) is 24.9 Å². The van der Waals surface area contributed by atoms with Crippen LogP contribution in [0.2, 0.25) is 0 Å². The van der Waals surface area contributed by atoms with E-state index < -0.39 is 0 Å². The first-order valence-electron chi connectivity index (χ1n) is 6.99. The van der Waals surface area contributed by atoms with Crippen molar-refractivity contribution in [2.75, 3.05) is 32.1 Å². The van der Waals surface area contributed by atoms with E-state index in [-0.39, 0.29) is 0 Å². The fourth-order valence-electron chi connectivity index (χ4n) is 2.65. The number of nitrogens with zero attached hydrogens (tertiary/aromatic N) is 4. The molecule has 1 heterocycles. The highest BCUT2D eigenvalue weighted by molar-refractivity contribution is 5.40. The van der Waals surface area contributed by atoms with Crippen molar-refractivity contribution in [1.82, 2.24) is 9.88 Å². The number of rotatable bonds is 5. The number of pyridine rings is 1. The largest absolute Gasteiger partial charge is 0.358 e. The molecule has 0 saturated heterocycles. The minimum absolute atomic E-state index is 0.480. The molecule has 1 aliphatic carbocycles. The van der Waals surface area contributed by atoms with Gasteiger partial charge in [-0.1, -0.05) is 18.9 Å². The van der Waals surface area contributed by atoms with Crippen molar-refractivity contribution in [3.8, 4) is 6.07 Å². The summed E-state index contributed by atoms with van der Waals surface area (Å²) in [6, 6.07) is 8.42. The molecule has 102 valence electrons. The molecule has 4 nitrogen and oxygen atoms in total. The second-order valence-corrected chi connectivity index (χ2v) is 5.33. The van der Waals surface area contributed by atoms with Gasteiger partial charge in [-0.05, 0) is 32.0 Å². The van der Waals surface area contributed by atoms with E-state index in [0.29, 0.717) is 5.69 Å². The lowest BCUT2D eigenvalue weighted by molar-refractivity contribution is 0.251. The Labute approximate surface area is 115 Å². The third kappa shape index (κ3) is 3.68. The van der Waals surface area contributed by atoms with Gasteiger partial charge in [-0.3, -0.25) is 0 Å². The van der Waals surface area contributed by atoms with Crippen LogP contribution in [0.4, 0.5) is 5.82 Å². The predicted molar refractivity (Wildman–Crippen MR) is 77.1 cm³/mol. The molecule has 0 aliphatic heterocycles. The number of hydrogen-bond acceptors (Lipinski definition) is 4. The minimum atomic E-state index is 0.480. The molecule has 4 heteroatoms. The molecule has 2 rings (SSSR count). The zero-order valence-electron chi connectivity index (χ0n) is 11.8. The molecule has 1 fully saturated rings. The van der Waals surface area contributed by atoms with Crippen LogP contribution in [-0.2, 0) is 0 Å². The highest BCUT2D eigenvalue weighted by atomic mass is 15.2. The second-order valence-electron chi connectivity index (χ2n) is 5.33. The Morgan fingerprint density at radius 3 is 2.68 bits per heavy atom. The summed E-state index contributed by atoms with van der Waals surface area (Å²) in [4.78, 5) is 8.89. The lowest BCUT2D eigenvalue weighted by Crippen LogP contribution is -2.36. The molecule has 0 unspecified atom stereocenters. The van der Waals surface area contributed by atoms with Crippen molar-refractivity contribution in [1.29, 1.82) is 5.26 Å². The van der Waals surface area contributed by atoms with Crippen LogP contribution in [0.15, 0.2) is 18.2 Å². The summed E-state index contributed by atoms with van der Waals surface area (Å²) in [5, 5.41) is 8.87. The molecule has 1 aromatic rings. The predicted octanol–water partition coefficient (Wildman–Crippen LogP) is 2.26. The van der Waals surface area contributed by atoms with Gasteiger partial charge in [-0.2, -0.15) is 5.26 Å². The zero-order chi connectivity index (χ0) is 13.7.